The Morgan fingerprint density at radius 2 is 1.96 bits per heavy atom. The second-order valence-electron chi connectivity index (χ2n) is 5.81. The molecule has 5 nitrogen and oxygen atoms in total. The molecule has 0 aromatic heterocycles. The molecular weight excluding hydrogens is 304 g/mol. The molecule has 1 N–H and O–H groups in total. The molecule has 0 heterocycles. The maximum Gasteiger partial charge on any atom is 0.263 e. The van der Waals surface area contributed by atoms with Crippen LogP contribution in [0.5, 0.6) is 11.5 Å². The average Bonchev–Trinajstić information content (AvgIpc) is 2.56. The molecule has 2 rings (SSSR count). The average molecular weight is 330 g/mol. The van der Waals surface area contributed by atoms with Crippen LogP contribution in [-0.2, 0) is 0 Å². The minimum absolute atomic E-state index is 0.211. The summed E-state index contributed by atoms with van der Waals surface area (Å²) in [5, 5.41) is 2.94. The second kappa shape index (κ2) is 9.13. The van der Waals surface area contributed by atoms with Crippen LogP contribution in [0.2, 0.25) is 0 Å². The van der Waals surface area contributed by atoms with Gasteiger partial charge < -0.3 is 19.7 Å². The zero-order valence-corrected chi connectivity index (χ0v) is 14.7. The summed E-state index contributed by atoms with van der Waals surface area (Å²) in [6.45, 7) is 3.66. The third-order valence-electron chi connectivity index (χ3n) is 3.56. The number of amides is 1. The topological polar surface area (TPSA) is 50.8 Å². The molecule has 0 aliphatic heterocycles. The number of likely N-dealkylation sites (N-methyl/N-ethyl adjacent to an activating group) is 1. The van der Waals surface area contributed by atoms with E-state index in [0.717, 1.165) is 25.1 Å². The number of ether oxygens (including phenoxy) is 2. The van der Waals surface area contributed by atoms with Crippen LogP contribution in [-0.4, -0.2) is 44.7 Å². The predicted molar refractivity (Wildman–Crippen MR) is 95.6 cm³/mol. The van der Waals surface area contributed by atoms with E-state index in [1.165, 1.54) is 0 Å². The van der Waals surface area contributed by atoms with Crippen LogP contribution >= 0.6 is 0 Å². The maximum absolute atomic E-state index is 12.8. The van der Waals surface area contributed by atoms with Gasteiger partial charge in [0.2, 0.25) is 0 Å². The van der Waals surface area contributed by atoms with Crippen LogP contribution in [0.1, 0.15) is 30.1 Å². The minimum Gasteiger partial charge on any atom is -0.493 e. The maximum atomic E-state index is 12.8. The summed E-state index contributed by atoms with van der Waals surface area (Å²) in [7, 11) is 3.96. The lowest BCUT2D eigenvalue weighted by Gasteiger charge is -2.17. The van der Waals surface area contributed by atoms with Crippen molar-refractivity contribution in [3.8, 4) is 11.5 Å². The fourth-order valence-electron chi connectivity index (χ4n) is 2.37. The van der Waals surface area contributed by atoms with Gasteiger partial charge >= 0.3 is 0 Å². The normalized spacial score (nSPS) is 13.6. The van der Waals surface area contributed by atoms with Gasteiger partial charge in [0.05, 0.1) is 6.61 Å². The Bertz CT molecular complexity index is 621. The highest BCUT2D eigenvalue weighted by Gasteiger charge is 2.19. The Kier molecular flexibility index (Phi) is 6.88. The number of allylic oxidation sites excluding steroid dienone is 3. The van der Waals surface area contributed by atoms with Gasteiger partial charge in [-0.1, -0.05) is 18.2 Å². The molecule has 130 valence electrons. The molecule has 24 heavy (non-hydrogen) atoms. The van der Waals surface area contributed by atoms with E-state index in [0.29, 0.717) is 30.3 Å². The molecule has 0 bridgehead atoms. The molecule has 0 radical (unpaired) electrons. The van der Waals surface area contributed by atoms with Crippen molar-refractivity contribution < 1.29 is 14.3 Å². The Morgan fingerprint density at radius 3 is 2.58 bits per heavy atom. The summed E-state index contributed by atoms with van der Waals surface area (Å²) in [5.74, 6) is 0.870. The molecule has 1 aromatic rings. The van der Waals surface area contributed by atoms with Crippen molar-refractivity contribution >= 4 is 5.91 Å². The molecule has 0 fully saturated rings. The van der Waals surface area contributed by atoms with Crippen molar-refractivity contribution in [2.75, 3.05) is 33.9 Å². The van der Waals surface area contributed by atoms with Crippen molar-refractivity contribution in [2.45, 2.75) is 19.8 Å². The second-order valence-corrected chi connectivity index (χ2v) is 5.81. The summed E-state index contributed by atoms with van der Waals surface area (Å²) in [6, 6.07) is 5.44. The standard InChI is InChI=1S/C19H26N2O3/c1-4-23-16-11-8-12-17(24-14-13-21(2)3)18(16)19(22)20-15-9-6-5-7-10-15/h6,8-12H,4-5,7,13-14H2,1-3H3,(H,20,22). The molecule has 5 heteroatoms. The number of nitrogens with zero attached hydrogens (tertiary/aromatic N) is 1. The highest BCUT2D eigenvalue weighted by atomic mass is 16.5. The first-order valence-corrected chi connectivity index (χ1v) is 8.33. The monoisotopic (exact) mass is 330 g/mol. The number of carbonyl (C=O) groups is 1. The van der Waals surface area contributed by atoms with Gasteiger partial charge in [0.15, 0.2) is 0 Å². The lowest BCUT2D eigenvalue weighted by atomic mass is 10.1. The molecule has 0 atom stereocenters. The van der Waals surface area contributed by atoms with E-state index in [1.807, 2.05) is 44.1 Å². The number of hydrogen-bond acceptors (Lipinski definition) is 4. The van der Waals surface area contributed by atoms with Crippen molar-refractivity contribution in [1.29, 1.82) is 0 Å². The summed E-state index contributed by atoms with van der Waals surface area (Å²) in [4.78, 5) is 14.8. The van der Waals surface area contributed by atoms with Crippen LogP contribution < -0.4 is 14.8 Å². The zero-order chi connectivity index (χ0) is 17.4. The molecule has 1 amide bonds. The van der Waals surface area contributed by atoms with Crippen molar-refractivity contribution in [1.82, 2.24) is 10.2 Å². The third kappa shape index (κ3) is 5.13. The van der Waals surface area contributed by atoms with Crippen LogP contribution in [0.25, 0.3) is 0 Å². The number of benzene rings is 1. The first-order valence-electron chi connectivity index (χ1n) is 8.33. The highest BCUT2D eigenvalue weighted by Crippen LogP contribution is 2.29. The smallest absolute Gasteiger partial charge is 0.263 e. The van der Waals surface area contributed by atoms with Crippen LogP contribution in [0.15, 0.2) is 42.1 Å². The van der Waals surface area contributed by atoms with Crippen molar-refractivity contribution in [3.05, 3.63) is 47.7 Å². The third-order valence-corrected chi connectivity index (χ3v) is 3.56. The summed E-state index contributed by atoms with van der Waals surface area (Å²) in [5.41, 5.74) is 1.26. The molecule has 1 aliphatic carbocycles. The molecule has 0 saturated carbocycles. The van der Waals surface area contributed by atoms with Gasteiger partial charge in [0, 0.05) is 12.2 Å². The largest absolute Gasteiger partial charge is 0.493 e. The number of nitrogens with one attached hydrogen (secondary N) is 1. The number of carbonyl (C=O) groups excluding carboxylic acids is 1. The van der Waals surface area contributed by atoms with E-state index in [1.54, 1.807) is 12.1 Å². The molecular formula is C19H26N2O3. The van der Waals surface area contributed by atoms with E-state index in [2.05, 4.69) is 11.4 Å². The lowest BCUT2D eigenvalue weighted by molar-refractivity contribution is 0.0958. The SMILES string of the molecule is CCOc1cccc(OCCN(C)C)c1C(=O)NC1=CCCC=C1. The number of hydrogen-bond donors (Lipinski definition) is 1. The molecule has 1 aliphatic rings. The molecule has 0 saturated heterocycles. The molecule has 0 unspecified atom stereocenters. The Hall–Kier alpha value is -2.27. The molecule has 0 spiro atoms. The first kappa shape index (κ1) is 18.1. The van der Waals surface area contributed by atoms with Gasteiger partial charge in [0.25, 0.3) is 5.91 Å². The van der Waals surface area contributed by atoms with Crippen LogP contribution in [0.4, 0.5) is 0 Å². The predicted octanol–water partition coefficient (Wildman–Crippen LogP) is 2.99. The Morgan fingerprint density at radius 1 is 1.21 bits per heavy atom. The fourth-order valence-corrected chi connectivity index (χ4v) is 2.37. The fraction of sp³-hybridized carbons (Fsp3) is 0.421. The van der Waals surface area contributed by atoms with Crippen molar-refractivity contribution in [2.24, 2.45) is 0 Å². The van der Waals surface area contributed by atoms with E-state index < -0.39 is 0 Å². The zero-order valence-electron chi connectivity index (χ0n) is 14.7. The van der Waals surface area contributed by atoms with E-state index in [-0.39, 0.29) is 5.91 Å². The van der Waals surface area contributed by atoms with Gasteiger partial charge in [-0.2, -0.15) is 0 Å². The summed E-state index contributed by atoms with van der Waals surface area (Å²) in [6.07, 6.45) is 7.95. The van der Waals surface area contributed by atoms with Gasteiger partial charge in [-0.05, 0) is 52.1 Å². The number of rotatable bonds is 8. The van der Waals surface area contributed by atoms with Gasteiger partial charge in [-0.3, -0.25) is 4.79 Å². The summed E-state index contributed by atoms with van der Waals surface area (Å²) >= 11 is 0. The van der Waals surface area contributed by atoms with Gasteiger partial charge in [-0.25, -0.2) is 0 Å². The Labute approximate surface area is 143 Å². The van der Waals surface area contributed by atoms with E-state index >= 15 is 0 Å². The first-order chi connectivity index (χ1) is 11.6. The quantitative estimate of drug-likeness (QED) is 0.796. The summed E-state index contributed by atoms with van der Waals surface area (Å²) < 4.78 is 11.5. The minimum atomic E-state index is -0.211. The van der Waals surface area contributed by atoms with Gasteiger partial charge in [-0.15, -0.1) is 0 Å². The van der Waals surface area contributed by atoms with Crippen LogP contribution in [0.3, 0.4) is 0 Å². The highest BCUT2D eigenvalue weighted by molar-refractivity contribution is 6.00. The van der Waals surface area contributed by atoms with Crippen LogP contribution in [0, 0.1) is 0 Å². The van der Waals surface area contributed by atoms with Gasteiger partial charge in [0.1, 0.15) is 23.7 Å². The molecule has 1 aromatic carbocycles. The lowest BCUT2D eigenvalue weighted by Crippen LogP contribution is -2.25. The van der Waals surface area contributed by atoms with E-state index in [9.17, 15) is 4.79 Å². The Balaban J connectivity index is 2.21. The van der Waals surface area contributed by atoms with E-state index in [4.69, 9.17) is 9.47 Å². The van der Waals surface area contributed by atoms with Crippen molar-refractivity contribution in [3.63, 3.8) is 0 Å².